The zero-order valence-corrected chi connectivity index (χ0v) is 22.1. The molecule has 7 nitrogen and oxygen atoms in total. The second kappa shape index (κ2) is 12.1. The summed E-state index contributed by atoms with van der Waals surface area (Å²) in [5.41, 5.74) is 2.42. The highest BCUT2D eigenvalue weighted by Crippen LogP contribution is 2.21. The van der Waals surface area contributed by atoms with Crippen LogP contribution in [-0.4, -0.2) is 66.3 Å². The first-order valence-electron chi connectivity index (χ1n) is 12.5. The molecule has 1 aliphatic rings. The third kappa shape index (κ3) is 6.69. The molecule has 1 aliphatic heterocycles. The Morgan fingerprint density at radius 2 is 1.58 bits per heavy atom. The van der Waals surface area contributed by atoms with Crippen LogP contribution in [0.4, 0.5) is 15.8 Å². The van der Waals surface area contributed by atoms with Gasteiger partial charge in [0, 0.05) is 59.7 Å². The third-order valence-electron chi connectivity index (χ3n) is 6.44. The summed E-state index contributed by atoms with van der Waals surface area (Å²) < 4.78 is 13.5. The molecular weight excluding hydrogens is 507 g/mol. The number of rotatable bonds is 7. The maximum Gasteiger partial charge on any atom is 0.254 e. The van der Waals surface area contributed by atoms with Gasteiger partial charge < -0.3 is 20.0 Å². The predicted octanol–water partition coefficient (Wildman–Crippen LogP) is 4.93. The SMILES string of the molecule is CC(C)N(CC(=O)Nc1ccc(N2CCN(C(=O)c3cccc(F)c3)CC2)cc1)C(=O)c1ccc(Cl)cc1. The molecule has 0 radical (unpaired) electrons. The van der Waals surface area contributed by atoms with E-state index in [2.05, 4.69) is 10.2 Å². The van der Waals surface area contributed by atoms with Gasteiger partial charge in [0.2, 0.25) is 5.91 Å². The summed E-state index contributed by atoms with van der Waals surface area (Å²) in [6, 6.07) is 19.6. The van der Waals surface area contributed by atoms with E-state index in [1.54, 1.807) is 35.2 Å². The van der Waals surface area contributed by atoms with Gasteiger partial charge in [-0.3, -0.25) is 14.4 Å². The molecule has 1 fully saturated rings. The van der Waals surface area contributed by atoms with Crippen molar-refractivity contribution in [2.24, 2.45) is 0 Å². The van der Waals surface area contributed by atoms with Gasteiger partial charge in [0.05, 0.1) is 0 Å². The van der Waals surface area contributed by atoms with Gasteiger partial charge in [-0.25, -0.2) is 4.39 Å². The highest BCUT2D eigenvalue weighted by molar-refractivity contribution is 6.30. The van der Waals surface area contributed by atoms with E-state index in [-0.39, 0.29) is 30.3 Å². The fraction of sp³-hybridized carbons (Fsp3) is 0.276. The number of piperazine rings is 1. The van der Waals surface area contributed by atoms with E-state index >= 15 is 0 Å². The van der Waals surface area contributed by atoms with Crippen molar-refractivity contribution in [2.75, 3.05) is 42.9 Å². The zero-order chi connectivity index (χ0) is 27.2. The molecule has 3 amide bonds. The molecule has 0 unspecified atom stereocenters. The molecule has 1 N–H and O–H groups in total. The Kier molecular flexibility index (Phi) is 8.63. The lowest BCUT2D eigenvalue weighted by Crippen LogP contribution is -2.48. The van der Waals surface area contributed by atoms with Gasteiger partial charge in [-0.05, 0) is 80.6 Å². The van der Waals surface area contributed by atoms with Crippen LogP contribution in [0.15, 0.2) is 72.8 Å². The van der Waals surface area contributed by atoms with Crippen molar-refractivity contribution >= 4 is 40.7 Å². The van der Waals surface area contributed by atoms with Gasteiger partial charge in [-0.15, -0.1) is 0 Å². The van der Waals surface area contributed by atoms with Crippen LogP contribution in [0.25, 0.3) is 0 Å². The van der Waals surface area contributed by atoms with Crippen molar-refractivity contribution in [1.82, 2.24) is 9.80 Å². The number of nitrogens with zero attached hydrogens (tertiary/aromatic N) is 3. The highest BCUT2D eigenvalue weighted by atomic mass is 35.5. The Bertz CT molecular complexity index is 1290. The summed E-state index contributed by atoms with van der Waals surface area (Å²) in [5, 5.41) is 3.40. The molecule has 3 aromatic rings. The van der Waals surface area contributed by atoms with Crippen LogP contribution in [-0.2, 0) is 4.79 Å². The Hall–Kier alpha value is -3.91. The molecule has 4 rings (SSSR count). The fourth-order valence-electron chi connectivity index (χ4n) is 4.33. The molecule has 3 aromatic carbocycles. The summed E-state index contributed by atoms with van der Waals surface area (Å²) in [5.74, 6) is -1.13. The molecule has 1 saturated heterocycles. The quantitative estimate of drug-likeness (QED) is 0.465. The average molecular weight is 537 g/mol. The van der Waals surface area contributed by atoms with Gasteiger partial charge in [-0.2, -0.15) is 0 Å². The van der Waals surface area contributed by atoms with Crippen LogP contribution < -0.4 is 10.2 Å². The molecule has 0 spiro atoms. The van der Waals surface area contributed by atoms with Gasteiger partial charge in [0.25, 0.3) is 11.8 Å². The predicted molar refractivity (Wildman–Crippen MR) is 147 cm³/mol. The van der Waals surface area contributed by atoms with E-state index in [1.165, 1.54) is 23.1 Å². The zero-order valence-electron chi connectivity index (χ0n) is 21.4. The lowest BCUT2D eigenvalue weighted by molar-refractivity contribution is -0.117. The number of halogens is 2. The van der Waals surface area contributed by atoms with Crippen molar-refractivity contribution in [1.29, 1.82) is 0 Å². The molecule has 0 aliphatic carbocycles. The fourth-order valence-corrected chi connectivity index (χ4v) is 4.46. The number of nitrogens with one attached hydrogen (secondary N) is 1. The van der Waals surface area contributed by atoms with Crippen LogP contribution in [0, 0.1) is 5.82 Å². The minimum Gasteiger partial charge on any atom is -0.368 e. The second-order valence-corrected chi connectivity index (χ2v) is 9.85. The number of benzene rings is 3. The lowest BCUT2D eigenvalue weighted by atomic mass is 10.1. The first-order valence-corrected chi connectivity index (χ1v) is 12.9. The summed E-state index contributed by atoms with van der Waals surface area (Å²) in [6.45, 7) is 5.98. The Morgan fingerprint density at radius 3 is 2.18 bits per heavy atom. The second-order valence-electron chi connectivity index (χ2n) is 9.42. The summed E-state index contributed by atoms with van der Waals surface area (Å²) in [7, 11) is 0. The molecule has 0 aromatic heterocycles. The Morgan fingerprint density at radius 1 is 0.921 bits per heavy atom. The van der Waals surface area contributed by atoms with E-state index in [4.69, 9.17) is 11.6 Å². The van der Waals surface area contributed by atoms with Gasteiger partial charge in [-0.1, -0.05) is 17.7 Å². The third-order valence-corrected chi connectivity index (χ3v) is 6.70. The van der Waals surface area contributed by atoms with E-state index in [1.807, 2.05) is 38.1 Å². The Labute approximate surface area is 226 Å². The summed E-state index contributed by atoms with van der Waals surface area (Å²) in [4.78, 5) is 43.7. The number of hydrogen-bond donors (Lipinski definition) is 1. The Balaban J connectivity index is 1.31. The van der Waals surface area contributed by atoms with Crippen molar-refractivity contribution in [3.8, 4) is 0 Å². The molecule has 1 heterocycles. The van der Waals surface area contributed by atoms with Crippen LogP contribution in [0.3, 0.4) is 0 Å². The number of carbonyl (C=O) groups excluding carboxylic acids is 3. The normalized spacial score (nSPS) is 13.4. The molecular formula is C29H30ClFN4O3. The number of hydrogen-bond acceptors (Lipinski definition) is 4. The highest BCUT2D eigenvalue weighted by Gasteiger charge is 2.24. The van der Waals surface area contributed by atoms with E-state index in [9.17, 15) is 18.8 Å². The molecule has 0 bridgehead atoms. The summed E-state index contributed by atoms with van der Waals surface area (Å²) in [6.07, 6.45) is 0. The largest absolute Gasteiger partial charge is 0.368 e. The standard InChI is InChI=1S/C29H30ClFN4O3/c1-20(2)35(29(38)21-6-8-23(30)9-7-21)19-27(36)32-25-10-12-26(13-11-25)33-14-16-34(17-15-33)28(37)22-4-3-5-24(31)18-22/h3-13,18,20H,14-17,19H2,1-2H3,(H,32,36). The maximum absolute atomic E-state index is 13.5. The monoisotopic (exact) mass is 536 g/mol. The minimum atomic E-state index is -0.424. The molecule has 0 saturated carbocycles. The van der Waals surface area contributed by atoms with Crippen molar-refractivity contribution < 1.29 is 18.8 Å². The topological polar surface area (TPSA) is 73.0 Å². The van der Waals surface area contributed by atoms with Gasteiger partial charge in [0.15, 0.2) is 0 Å². The molecule has 9 heteroatoms. The number of anilines is 2. The van der Waals surface area contributed by atoms with Crippen molar-refractivity contribution in [2.45, 2.75) is 19.9 Å². The van der Waals surface area contributed by atoms with E-state index < -0.39 is 5.82 Å². The molecule has 0 atom stereocenters. The van der Waals surface area contributed by atoms with Crippen LogP contribution in [0.5, 0.6) is 0 Å². The van der Waals surface area contributed by atoms with Crippen LogP contribution >= 0.6 is 11.6 Å². The van der Waals surface area contributed by atoms with Crippen molar-refractivity contribution in [3.63, 3.8) is 0 Å². The van der Waals surface area contributed by atoms with Crippen molar-refractivity contribution in [3.05, 3.63) is 94.8 Å². The lowest BCUT2D eigenvalue weighted by Gasteiger charge is -2.36. The smallest absolute Gasteiger partial charge is 0.254 e. The summed E-state index contributed by atoms with van der Waals surface area (Å²) >= 11 is 5.92. The van der Waals surface area contributed by atoms with Gasteiger partial charge in [0.1, 0.15) is 12.4 Å². The maximum atomic E-state index is 13.5. The first kappa shape index (κ1) is 27.1. The first-order chi connectivity index (χ1) is 18.2. The minimum absolute atomic E-state index is 0.0812. The van der Waals surface area contributed by atoms with Gasteiger partial charge >= 0.3 is 0 Å². The molecule has 198 valence electrons. The average Bonchev–Trinajstić information content (AvgIpc) is 2.92. The van der Waals surface area contributed by atoms with E-state index in [0.717, 1.165) is 5.69 Å². The van der Waals surface area contributed by atoms with Crippen LogP contribution in [0.2, 0.25) is 5.02 Å². The van der Waals surface area contributed by atoms with Crippen LogP contribution in [0.1, 0.15) is 34.6 Å². The molecule has 38 heavy (non-hydrogen) atoms. The number of carbonyl (C=O) groups is 3. The number of amides is 3. The van der Waals surface area contributed by atoms with E-state index in [0.29, 0.717) is 48.0 Å².